The summed E-state index contributed by atoms with van der Waals surface area (Å²) in [5.41, 5.74) is 2.11. The van der Waals surface area contributed by atoms with Crippen molar-refractivity contribution in [3.05, 3.63) is 51.7 Å². The van der Waals surface area contributed by atoms with E-state index < -0.39 is 11.7 Å². The summed E-state index contributed by atoms with van der Waals surface area (Å²) in [6.45, 7) is 2.10. The highest BCUT2D eigenvalue weighted by Gasteiger charge is 2.35. The van der Waals surface area contributed by atoms with Crippen molar-refractivity contribution >= 4 is 22.9 Å². The Kier molecular flexibility index (Phi) is 4.84. The van der Waals surface area contributed by atoms with Gasteiger partial charge in [0.1, 0.15) is 5.60 Å². The minimum atomic E-state index is -0.723. The standard InChI is InChI=1S/C20H24N2O3S/c23-17(15-3-5-16-14(12-15)4-6-19(24)21-16)13-22-9-7-20(25,8-10-22)18-2-1-11-26-18/h1-3,5,11-12,17,23,25H,4,6-10,13H2,(H,21,24)/t17-/m0/s1. The van der Waals surface area contributed by atoms with Crippen molar-refractivity contribution in [2.75, 3.05) is 25.0 Å². The molecule has 3 heterocycles. The molecular formula is C20H24N2O3S. The number of β-amino-alcohol motifs (C(OH)–C–C–N with tert-alkyl or cyclic N) is 1. The highest BCUT2D eigenvalue weighted by Crippen LogP contribution is 2.36. The van der Waals surface area contributed by atoms with Crippen molar-refractivity contribution < 1.29 is 15.0 Å². The van der Waals surface area contributed by atoms with E-state index in [9.17, 15) is 15.0 Å². The van der Waals surface area contributed by atoms with Gasteiger partial charge in [-0.1, -0.05) is 18.2 Å². The maximum atomic E-state index is 11.5. The number of piperidine rings is 1. The average Bonchev–Trinajstić information content (AvgIpc) is 3.19. The van der Waals surface area contributed by atoms with E-state index in [4.69, 9.17) is 0 Å². The number of aliphatic hydroxyl groups excluding tert-OH is 1. The van der Waals surface area contributed by atoms with Gasteiger partial charge in [0.05, 0.1) is 6.10 Å². The SMILES string of the molecule is O=C1CCc2cc([C@@H](O)CN3CCC(O)(c4cccs4)CC3)ccc2N1. The second-order valence-electron chi connectivity index (χ2n) is 7.29. The van der Waals surface area contributed by atoms with Crippen LogP contribution < -0.4 is 5.32 Å². The Bertz CT molecular complexity index is 782. The third kappa shape index (κ3) is 3.55. The molecule has 0 bridgehead atoms. The minimum Gasteiger partial charge on any atom is -0.387 e. The molecule has 0 saturated carbocycles. The molecule has 0 unspecified atom stereocenters. The molecule has 0 spiro atoms. The number of aliphatic hydroxyl groups is 2. The summed E-state index contributed by atoms with van der Waals surface area (Å²) >= 11 is 1.61. The van der Waals surface area contributed by atoms with Crippen molar-refractivity contribution in [3.8, 4) is 0 Å². The number of benzene rings is 1. The lowest BCUT2D eigenvalue weighted by atomic mass is 9.89. The quantitative estimate of drug-likeness (QED) is 0.772. The van der Waals surface area contributed by atoms with Crippen molar-refractivity contribution in [2.45, 2.75) is 37.4 Å². The number of likely N-dealkylation sites (tertiary alicyclic amines) is 1. The number of thiophene rings is 1. The molecule has 1 amide bonds. The Morgan fingerprint density at radius 2 is 2.04 bits per heavy atom. The number of amides is 1. The zero-order chi connectivity index (χ0) is 18.1. The molecule has 138 valence electrons. The first-order valence-electron chi connectivity index (χ1n) is 9.13. The summed E-state index contributed by atoms with van der Waals surface area (Å²) in [7, 11) is 0. The molecule has 2 aliphatic heterocycles. The number of anilines is 1. The first-order chi connectivity index (χ1) is 12.5. The van der Waals surface area contributed by atoms with Crippen molar-refractivity contribution in [2.24, 2.45) is 0 Å². The zero-order valence-corrected chi connectivity index (χ0v) is 15.5. The van der Waals surface area contributed by atoms with Gasteiger partial charge in [0.2, 0.25) is 5.91 Å². The van der Waals surface area contributed by atoms with Crippen LogP contribution in [-0.4, -0.2) is 40.7 Å². The number of carbonyl (C=O) groups is 1. The van der Waals surface area contributed by atoms with Gasteiger partial charge in [-0.2, -0.15) is 0 Å². The zero-order valence-electron chi connectivity index (χ0n) is 14.6. The Morgan fingerprint density at radius 1 is 1.23 bits per heavy atom. The van der Waals surface area contributed by atoms with Crippen LogP contribution in [0, 0.1) is 0 Å². The van der Waals surface area contributed by atoms with Gasteiger partial charge in [-0.05, 0) is 47.9 Å². The second kappa shape index (κ2) is 7.12. The summed E-state index contributed by atoms with van der Waals surface area (Å²) in [5.74, 6) is 0.0531. The largest absolute Gasteiger partial charge is 0.387 e. The molecule has 5 nitrogen and oxygen atoms in total. The molecule has 2 aromatic rings. The van der Waals surface area contributed by atoms with Crippen LogP contribution in [0.1, 0.15) is 41.4 Å². The monoisotopic (exact) mass is 372 g/mol. The van der Waals surface area contributed by atoms with Crippen molar-refractivity contribution in [1.29, 1.82) is 0 Å². The second-order valence-corrected chi connectivity index (χ2v) is 8.24. The van der Waals surface area contributed by atoms with Gasteiger partial charge in [0.25, 0.3) is 0 Å². The number of hydrogen-bond donors (Lipinski definition) is 3. The Balaban J connectivity index is 1.37. The Labute approximate surface area is 157 Å². The first-order valence-corrected chi connectivity index (χ1v) is 10.0. The molecule has 4 rings (SSSR count). The van der Waals surface area contributed by atoms with Gasteiger partial charge in [0, 0.05) is 36.6 Å². The number of nitrogens with one attached hydrogen (secondary N) is 1. The molecule has 6 heteroatoms. The molecule has 1 atom stereocenters. The molecular weight excluding hydrogens is 348 g/mol. The number of rotatable bonds is 4. The predicted octanol–water partition coefficient (Wildman–Crippen LogP) is 2.65. The number of fused-ring (bicyclic) bond motifs is 1. The van der Waals surface area contributed by atoms with E-state index in [1.165, 1.54) is 0 Å². The Hall–Kier alpha value is -1.73. The lowest BCUT2D eigenvalue weighted by Gasteiger charge is -2.38. The fraction of sp³-hybridized carbons (Fsp3) is 0.450. The van der Waals surface area contributed by atoms with E-state index >= 15 is 0 Å². The smallest absolute Gasteiger partial charge is 0.224 e. The molecule has 3 N–H and O–H groups in total. The third-order valence-electron chi connectivity index (χ3n) is 5.50. The van der Waals surface area contributed by atoms with Crippen LogP contribution in [0.5, 0.6) is 0 Å². The summed E-state index contributed by atoms with van der Waals surface area (Å²) in [6, 6.07) is 9.76. The third-order valence-corrected chi connectivity index (χ3v) is 6.57. The highest BCUT2D eigenvalue weighted by molar-refractivity contribution is 7.10. The lowest BCUT2D eigenvalue weighted by molar-refractivity contribution is -0.116. The minimum absolute atomic E-state index is 0.0531. The molecule has 0 radical (unpaired) electrons. The average molecular weight is 372 g/mol. The normalized spacial score (nSPS) is 21.1. The lowest BCUT2D eigenvalue weighted by Crippen LogP contribution is -2.43. The summed E-state index contributed by atoms with van der Waals surface area (Å²) in [5, 5.41) is 26.4. The number of nitrogens with zero attached hydrogens (tertiary/aromatic N) is 1. The van der Waals surface area contributed by atoms with Crippen LogP contribution in [-0.2, 0) is 16.8 Å². The molecule has 2 aliphatic rings. The first kappa shape index (κ1) is 17.7. The summed E-state index contributed by atoms with van der Waals surface area (Å²) < 4.78 is 0. The number of hydrogen-bond acceptors (Lipinski definition) is 5. The van der Waals surface area contributed by atoms with E-state index in [0.717, 1.165) is 41.2 Å². The predicted molar refractivity (Wildman–Crippen MR) is 102 cm³/mol. The van der Waals surface area contributed by atoms with Crippen LogP contribution >= 0.6 is 11.3 Å². The van der Waals surface area contributed by atoms with Gasteiger partial charge >= 0.3 is 0 Å². The van der Waals surface area contributed by atoms with E-state index in [0.29, 0.717) is 25.8 Å². The van der Waals surface area contributed by atoms with E-state index in [2.05, 4.69) is 10.2 Å². The van der Waals surface area contributed by atoms with Crippen molar-refractivity contribution in [3.63, 3.8) is 0 Å². The van der Waals surface area contributed by atoms with Crippen LogP contribution in [0.15, 0.2) is 35.7 Å². The fourth-order valence-corrected chi connectivity index (χ4v) is 4.74. The maximum absolute atomic E-state index is 11.5. The summed E-state index contributed by atoms with van der Waals surface area (Å²) in [6.07, 6.45) is 2.04. The molecule has 1 fully saturated rings. The van der Waals surface area contributed by atoms with E-state index in [1.54, 1.807) is 11.3 Å². The molecule has 1 saturated heterocycles. The van der Waals surface area contributed by atoms with E-state index in [1.807, 2.05) is 35.7 Å². The van der Waals surface area contributed by atoms with E-state index in [-0.39, 0.29) is 5.91 Å². The molecule has 1 aromatic carbocycles. The van der Waals surface area contributed by atoms with Crippen LogP contribution in [0.3, 0.4) is 0 Å². The topological polar surface area (TPSA) is 72.8 Å². The van der Waals surface area contributed by atoms with Crippen LogP contribution in [0.2, 0.25) is 0 Å². The number of aryl methyl sites for hydroxylation is 1. The van der Waals surface area contributed by atoms with Crippen LogP contribution in [0.4, 0.5) is 5.69 Å². The van der Waals surface area contributed by atoms with Gasteiger partial charge in [-0.25, -0.2) is 0 Å². The molecule has 0 aliphatic carbocycles. The highest BCUT2D eigenvalue weighted by atomic mass is 32.1. The van der Waals surface area contributed by atoms with Gasteiger partial charge in [-0.15, -0.1) is 11.3 Å². The van der Waals surface area contributed by atoms with Crippen molar-refractivity contribution in [1.82, 2.24) is 4.90 Å². The number of carbonyl (C=O) groups excluding carboxylic acids is 1. The maximum Gasteiger partial charge on any atom is 0.224 e. The summed E-state index contributed by atoms with van der Waals surface area (Å²) in [4.78, 5) is 14.7. The van der Waals surface area contributed by atoms with Gasteiger partial charge in [-0.3, -0.25) is 4.79 Å². The van der Waals surface area contributed by atoms with Gasteiger partial charge < -0.3 is 20.4 Å². The Morgan fingerprint density at radius 3 is 2.77 bits per heavy atom. The fourth-order valence-electron chi connectivity index (χ4n) is 3.86. The molecule has 1 aromatic heterocycles. The van der Waals surface area contributed by atoms with Crippen LogP contribution in [0.25, 0.3) is 0 Å². The van der Waals surface area contributed by atoms with Gasteiger partial charge in [0.15, 0.2) is 0 Å². The molecule has 26 heavy (non-hydrogen) atoms.